The highest BCUT2D eigenvalue weighted by molar-refractivity contribution is 6.88. The molecule has 0 saturated carbocycles. The Morgan fingerprint density at radius 2 is 1.04 bits per heavy atom. The van der Waals surface area contributed by atoms with Crippen molar-refractivity contribution in [3.8, 4) is 22.3 Å². The van der Waals surface area contributed by atoms with E-state index in [2.05, 4.69) is 111 Å². The largest absolute Gasteiger partial charge is 0.0776 e. The van der Waals surface area contributed by atoms with Crippen LogP contribution in [-0.2, 0) is 0 Å². The Kier molecular flexibility index (Phi) is 4.26. The average Bonchev–Trinajstić information content (AvgIpc) is 2.67. The van der Waals surface area contributed by atoms with Crippen molar-refractivity contribution in [3.05, 3.63) is 91.0 Å². The number of hydrogen-bond acceptors (Lipinski definition) is 0. The molecule has 4 aromatic carbocycles. The molecule has 4 rings (SSSR count). The van der Waals surface area contributed by atoms with Gasteiger partial charge >= 0.3 is 0 Å². The summed E-state index contributed by atoms with van der Waals surface area (Å²) >= 11 is 0. The molecule has 0 spiro atoms. The van der Waals surface area contributed by atoms with E-state index in [1.807, 2.05) is 0 Å². The average molecular weight is 353 g/mol. The minimum Gasteiger partial charge on any atom is -0.0656 e. The van der Waals surface area contributed by atoms with E-state index in [4.69, 9.17) is 0 Å². The number of rotatable bonds is 3. The molecule has 0 fully saturated rings. The van der Waals surface area contributed by atoms with Gasteiger partial charge in [-0.05, 0) is 39.1 Å². The summed E-state index contributed by atoms with van der Waals surface area (Å²) in [7, 11) is -1.29. The molecule has 0 amide bonds. The van der Waals surface area contributed by atoms with E-state index in [1.54, 1.807) is 0 Å². The zero-order chi connectivity index (χ0) is 18.1. The molecular formula is C25H24Si. The predicted octanol–water partition coefficient (Wildman–Crippen LogP) is 6.72. The predicted molar refractivity (Wildman–Crippen MR) is 118 cm³/mol. The molecule has 0 aliphatic heterocycles. The summed E-state index contributed by atoms with van der Waals surface area (Å²) in [5.74, 6) is 0. The Balaban J connectivity index is 1.68. The Morgan fingerprint density at radius 3 is 1.69 bits per heavy atom. The highest BCUT2D eigenvalue weighted by atomic mass is 28.3. The molecular weight excluding hydrogens is 328 g/mol. The van der Waals surface area contributed by atoms with Crippen molar-refractivity contribution in [2.75, 3.05) is 0 Å². The summed E-state index contributed by atoms with van der Waals surface area (Å²) < 4.78 is 0. The molecule has 0 aliphatic rings. The first kappa shape index (κ1) is 16.8. The summed E-state index contributed by atoms with van der Waals surface area (Å²) in [4.78, 5) is 0. The molecule has 0 heterocycles. The molecule has 0 bridgehead atoms. The van der Waals surface area contributed by atoms with Crippen molar-refractivity contribution in [1.29, 1.82) is 0 Å². The molecule has 0 saturated heterocycles. The first-order valence-corrected chi connectivity index (χ1v) is 12.7. The Morgan fingerprint density at radius 1 is 0.462 bits per heavy atom. The molecule has 0 unspecified atom stereocenters. The Hall–Kier alpha value is -2.64. The highest BCUT2D eigenvalue weighted by Crippen LogP contribution is 2.27. The summed E-state index contributed by atoms with van der Waals surface area (Å²) in [6.45, 7) is 7.19. The molecule has 0 aromatic heterocycles. The standard InChI is InChI=1S/C25H24Si/c1-26(2,3)25-10-6-9-23(18-25)20-11-13-21(14-12-20)24-16-15-19-7-4-5-8-22(19)17-24/h4-18H,1-3H3. The third kappa shape index (κ3) is 3.36. The summed E-state index contributed by atoms with van der Waals surface area (Å²) in [5, 5.41) is 4.08. The van der Waals surface area contributed by atoms with Gasteiger partial charge in [0.15, 0.2) is 0 Å². The van der Waals surface area contributed by atoms with Crippen LogP contribution in [0.4, 0.5) is 0 Å². The topological polar surface area (TPSA) is 0 Å². The summed E-state index contributed by atoms with van der Waals surface area (Å²) in [5.41, 5.74) is 5.14. The first-order valence-electron chi connectivity index (χ1n) is 9.21. The second-order valence-corrected chi connectivity index (χ2v) is 13.0. The van der Waals surface area contributed by atoms with Crippen LogP contribution in [0.15, 0.2) is 91.0 Å². The van der Waals surface area contributed by atoms with E-state index in [-0.39, 0.29) is 0 Å². The van der Waals surface area contributed by atoms with Crippen LogP contribution in [0.2, 0.25) is 19.6 Å². The molecule has 0 nitrogen and oxygen atoms in total. The lowest BCUT2D eigenvalue weighted by Gasteiger charge is -2.17. The van der Waals surface area contributed by atoms with Crippen LogP contribution < -0.4 is 5.19 Å². The smallest absolute Gasteiger partial charge is 0.0656 e. The van der Waals surface area contributed by atoms with Crippen molar-refractivity contribution in [1.82, 2.24) is 0 Å². The molecule has 0 N–H and O–H groups in total. The van der Waals surface area contributed by atoms with Gasteiger partial charge in [0, 0.05) is 0 Å². The van der Waals surface area contributed by atoms with E-state index >= 15 is 0 Å². The van der Waals surface area contributed by atoms with Gasteiger partial charge in [0.1, 0.15) is 0 Å². The van der Waals surface area contributed by atoms with Gasteiger partial charge < -0.3 is 0 Å². The van der Waals surface area contributed by atoms with Gasteiger partial charge in [-0.2, -0.15) is 0 Å². The minimum absolute atomic E-state index is 1.26. The SMILES string of the molecule is C[Si](C)(C)c1cccc(-c2ccc(-c3ccc4ccccc4c3)cc2)c1. The fourth-order valence-corrected chi connectivity index (χ4v) is 4.57. The van der Waals surface area contributed by atoms with Gasteiger partial charge in [0.25, 0.3) is 0 Å². The maximum Gasteiger partial charge on any atom is 0.0776 e. The van der Waals surface area contributed by atoms with Crippen molar-refractivity contribution < 1.29 is 0 Å². The van der Waals surface area contributed by atoms with Crippen molar-refractivity contribution >= 4 is 24.0 Å². The number of benzene rings is 4. The zero-order valence-electron chi connectivity index (χ0n) is 15.7. The summed E-state index contributed by atoms with van der Waals surface area (Å²) in [6.07, 6.45) is 0. The van der Waals surface area contributed by atoms with Crippen molar-refractivity contribution in [2.24, 2.45) is 0 Å². The fourth-order valence-electron chi connectivity index (χ4n) is 3.39. The second-order valence-electron chi connectivity index (χ2n) is 7.97. The molecule has 26 heavy (non-hydrogen) atoms. The molecule has 128 valence electrons. The Bertz CT molecular complexity index is 1050. The molecule has 0 aliphatic carbocycles. The van der Waals surface area contributed by atoms with Crippen molar-refractivity contribution in [3.63, 3.8) is 0 Å². The highest BCUT2D eigenvalue weighted by Gasteiger charge is 2.16. The van der Waals surface area contributed by atoms with Crippen LogP contribution in [0.25, 0.3) is 33.0 Å². The maximum absolute atomic E-state index is 2.40. The van der Waals surface area contributed by atoms with Crippen molar-refractivity contribution in [2.45, 2.75) is 19.6 Å². The van der Waals surface area contributed by atoms with Crippen LogP contribution in [0.5, 0.6) is 0 Å². The zero-order valence-corrected chi connectivity index (χ0v) is 16.7. The van der Waals surface area contributed by atoms with Gasteiger partial charge in [-0.3, -0.25) is 0 Å². The number of fused-ring (bicyclic) bond motifs is 1. The molecule has 0 atom stereocenters. The van der Waals surface area contributed by atoms with Gasteiger partial charge in [-0.25, -0.2) is 0 Å². The van der Waals surface area contributed by atoms with E-state index in [1.165, 1.54) is 38.2 Å². The van der Waals surface area contributed by atoms with Crippen LogP contribution >= 0.6 is 0 Å². The fraction of sp³-hybridized carbons (Fsp3) is 0.120. The maximum atomic E-state index is 2.40. The van der Waals surface area contributed by atoms with E-state index < -0.39 is 8.07 Å². The van der Waals surface area contributed by atoms with Crippen LogP contribution in [-0.4, -0.2) is 8.07 Å². The minimum atomic E-state index is -1.29. The third-order valence-electron chi connectivity index (χ3n) is 5.03. The number of hydrogen-bond donors (Lipinski definition) is 0. The third-order valence-corrected chi connectivity index (χ3v) is 7.07. The quantitative estimate of drug-likeness (QED) is 0.359. The lowest BCUT2D eigenvalue weighted by molar-refractivity contribution is 1.60. The van der Waals surface area contributed by atoms with Gasteiger partial charge in [0.05, 0.1) is 8.07 Å². The first-order chi connectivity index (χ1) is 12.5. The lowest BCUT2D eigenvalue weighted by atomic mass is 9.98. The van der Waals surface area contributed by atoms with E-state index in [0.29, 0.717) is 0 Å². The normalized spacial score (nSPS) is 11.7. The monoisotopic (exact) mass is 352 g/mol. The molecule has 1 heteroatoms. The Labute approximate surface area is 157 Å². The van der Waals surface area contributed by atoms with Gasteiger partial charge in [0.2, 0.25) is 0 Å². The van der Waals surface area contributed by atoms with E-state index in [9.17, 15) is 0 Å². The van der Waals surface area contributed by atoms with Gasteiger partial charge in [-0.15, -0.1) is 0 Å². The van der Waals surface area contributed by atoms with Crippen LogP contribution in [0.3, 0.4) is 0 Å². The van der Waals surface area contributed by atoms with Gasteiger partial charge in [-0.1, -0.05) is 110 Å². The lowest BCUT2D eigenvalue weighted by Crippen LogP contribution is -2.37. The van der Waals surface area contributed by atoms with Crippen LogP contribution in [0.1, 0.15) is 0 Å². The second kappa shape index (κ2) is 6.58. The molecule has 4 aromatic rings. The van der Waals surface area contributed by atoms with E-state index in [0.717, 1.165) is 0 Å². The molecule has 0 radical (unpaired) electrons. The summed E-state index contributed by atoms with van der Waals surface area (Å²) in [6, 6.07) is 33.2. The van der Waals surface area contributed by atoms with Crippen LogP contribution in [0, 0.1) is 0 Å².